The van der Waals surface area contributed by atoms with Crippen molar-refractivity contribution >= 4 is 17.9 Å². The highest BCUT2D eigenvalue weighted by Crippen LogP contribution is 2.28. The van der Waals surface area contributed by atoms with Gasteiger partial charge in [0.15, 0.2) is 5.82 Å². The fourth-order valence-electron chi connectivity index (χ4n) is 2.94. The fourth-order valence-corrected chi connectivity index (χ4v) is 2.94. The monoisotopic (exact) mass is 345 g/mol. The zero-order valence-electron chi connectivity index (χ0n) is 14.8. The number of carbonyl (C=O) groups is 1. The van der Waals surface area contributed by atoms with Gasteiger partial charge in [-0.15, -0.1) is 0 Å². The molecule has 0 unspecified atom stereocenters. The van der Waals surface area contributed by atoms with E-state index in [-0.39, 0.29) is 5.97 Å². The van der Waals surface area contributed by atoms with Crippen LogP contribution in [0.2, 0.25) is 0 Å². The molecule has 0 aromatic carbocycles. The van der Waals surface area contributed by atoms with Gasteiger partial charge in [-0.25, -0.2) is 19.4 Å². The molecule has 3 heterocycles. The Kier molecular flexibility index (Phi) is 4.82. The number of ether oxygens (including phenoxy) is 1. The number of nitrogens with zero attached hydrogens (tertiary/aromatic N) is 6. The molecule has 2 aromatic rings. The molecule has 2 N–H and O–H groups in total. The number of nitrogen functional groups attached to an aromatic ring is 1. The Balaban J connectivity index is 1.66. The highest BCUT2D eigenvalue weighted by molar-refractivity contribution is 5.90. The maximum Gasteiger partial charge on any atom is 0.341 e. The smallest absolute Gasteiger partial charge is 0.341 e. The number of aromatic nitrogens is 5. The average Bonchev–Trinajstić information content (AvgIpc) is 2.94. The molecule has 1 saturated heterocycles. The predicted molar refractivity (Wildman–Crippen MR) is 92.3 cm³/mol. The van der Waals surface area contributed by atoms with Gasteiger partial charge < -0.3 is 15.4 Å². The summed E-state index contributed by atoms with van der Waals surface area (Å²) in [5.74, 6) is 1.78. The Bertz CT molecular complexity index is 746. The summed E-state index contributed by atoms with van der Waals surface area (Å²) >= 11 is 0. The van der Waals surface area contributed by atoms with Crippen LogP contribution >= 0.6 is 0 Å². The van der Waals surface area contributed by atoms with Crippen molar-refractivity contribution in [3.05, 3.63) is 23.3 Å². The van der Waals surface area contributed by atoms with E-state index in [0.29, 0.717) is 35.7 Å². The number of carbonyl (C=O) groups excluding carboxylic acids is 1. The minimum absolute atomic E-state index is 0.291. The van der Waals surface area contributed by atoms with Gasteiger partial charge in [0.05, 0.1) is 17.9 Å². The van der Waals surface area contributed by atoms with Crippen molar-refractivity contribution in [2.24, 2.45) is 7.05 Å². The summed E-state index contributed by atoms with van der Waals surface area (Å²) in [5, 5.41) is 4.37. The lowest BCUT2D eigenvalue weighted by molar-refractivity contribution is 0.0524. The molecule has 0 bridgehead atoms. The maximum absolute atomic E-state index is 11.8. The molecule has 134 valence electrons. The average molecular weight is 345 g/mol. The van der Waals surface area contributed by atoms with E-state index >= 15 is 0 Å². The van der Waals surface area contributed by atoms with E-state index in [1.807, 2.05) is 0 Å². The molecule has 25 heavy (non-hydrogen) atoms. The number of aryl methyl sites for hydroxylation is 2. The summed E-state index contributed by atoms with van der Waals surface area (Å²) in [7, 11) is 1.79. The topological polar surface area (TPSA) is 112 Å². The standard InChI is InChI=1S/C16H23N7O2/c1-4-25-14(24)12-9-18-16(19-10(12)2)23-7-5-11(6-8-23)13-20-15(17)22(3)21-13/h9,11H,4-8H2,1-3H3,(H2,17,20,21). The summed E-state index contributed by atoms with van der Waals surface area (Å²) < 4.78 is 6.61. The quantitative estimate of drug-likeness (QED) is 0.819. The van der Waals surface area contributed by atoms with Crippen LogP contribution in [0, 0.1) is 6.92 Å². The number of piperidine rings is 1. The fraction of sp³-hybridized carbons (Fsp3) is 0.562. The van der Waals surface area contributed by atoms with Crippen molar-refractivity contribution in [1.82, 2.24) is 24.7 Å². The van der Waals surface area contributed by atoms with Gasteiger partial charge in [-0.05, 0) is 26.7 Å². The van der Waals surface area contributed by atoms with Crippen LogP contribution in [0.5, 0.6) is 0 Å². The lowest BCUT2D eigenvalue weighted by Gasteiger charge is -2.30. The van der Waals surface area contributed by atoms with Crippen LogP contribution in [-0.4, -0.2) is 50.4 Å². The van der Waals surface area contributed by atoms with Gasteiger partial charge in [0.1, 0.15) is 0 Å². The number of hydrogen-bond donors (Lipinski definition) is 1. The first kappa shape index (κ1) is 17.1. The molecular formula is C16H23N7O2. The van der Waals surface area contributed by atoms with Crippen LogP contribution in [0.1, 0.15) is 47.6 Å². The van der Waals surface area contributed by atoms with Gasteiger partial charge in [0.2, 0.25) is 11.9 Å². The molecule has 9 nitrogen and oxygen atoms in total. The molecule has 1 fully saturated rings. The van der Waals surface area contributed by atoms with Crippen molar-refractivity contribution in [1.29, 1.82) is 0 Å². The predicted octanol–water partition coefficient (Wildman–Crippen LogP) is 1.06. The van der Waals surface area contributed by atoms with E-state index in [1.165, 1.54) is 0 Å². The number of esters is 1. The Morgan fingerprint density at radius 2 is 2.08 bits per heavy atom. The molecule has 0 saturated carbocycles. The molecular weight excluding hydrogens is 322 g/mol. The first-order valence-electron chi connectivity index (χ1n) is 8.41. The lowest BCUT2D eigenvalue weighted by atomic mass is 9.96. The molecule has 0 radical (unpaired) electrons. The number of rotatable bonds is 4. The minimum atomic E-state index is -0.385. The third kappa shape index (κ3) is 3.54. The number of anilines is 2. The van der Waals surface area contributed by atoms with Gasteiger partial charge in [-0.1, -0.05) is 0 Å². The van der Waals surface area contributed by atoms with E-state index in [9.17, 15) is 4.79 Å². The van der Waals surface area contributed by atoms with Gasteiger partial charge in [-0.2, -0.15) is 10.1 Å². The third-order valence-electron chi connectivity index (χ3n) is 4.42. The van der Waals surface area contributed by atoms with E-state index in [0.717, 1.165) is 31.8 Å². The summed E-state index contributed by atoms with van der Waals surface area (Å²) in [6.07, 6.45) is 3.36. The molecule has 0 atom stereocenters. The molecule has 0 spiro atoms. The third-order valence-corrected chi connectivity index (χ3v) is 4.42. The minimum Gasteiger partial charge on any atom is -0.462 e. The van der Waals surface area contributed by atoms with Crippen molar-refractivity contribution < 1.29 is 9.53 Å². The first-order chi connectivity index (χ1) is 12.0. The van der Waals surface area contributed by atoms with E-state index < -0.39 is 0 Å². The van der Waals surface area contributed by atoms with E-state index in [1.54, 1.807) is 31.8 Å². The first-order valence-corrected chi connectivity index (χ1v) is 8.41. The Hall–Kier alpha value is -2.71. The summed E-state index contributed by atoms with van der Waals surface area (Å²) in [6.45, 7) is 5.52. The van der Waals surface area contributed by atoms with Crippen molar-refractivity contribution in [3.63, 3.8) is 0 Å². The molecule has 0 aliphatic carbocycles. The Morgan fingerprint density at radius 1 is 1.36 bits per heavy atom. The lowest BCUT2D eigenvalue weighted by Crippen LogP contribution is -2.34. The second-order valence-electron chi connectivity index (χ2n) is 6.10. The molecule has 3 rings (SSSR count). The van der Waals surface area contributed by atoms with Gasteiger partial charge in [-0.3, -0.25) is 0 Å². The van der Waals surface area contributed by atoms with Crippen LogP contribution in [0.3, 0.4) is 0 Å². The van der Waals surface area contributed by atoms with Crippen LogP contribution in [0.25, 0.3) is 0 Å². The number of hydrogen-bond acceptors (Lipinski definition) is 8. The highest BCUT2D eigenvalue weighted by atomic mass is 16.5. The second kappa shape index (κ2) is 7.04. The molecule has 9 heteroatoms. The van der Waals surface area contributed by atoms with Gasteiger partial charge in [0, 0.05) is 32.3 Å². The van der Waals surface area contributed by atoms with E-state index in [4.69, 9.17) is 10.5 Å². The Labute approximate surface area is 146 Å². The summed E-state index contributed by atoms with van der Waals surface area (Å²) in [6, 6.07) is 0. The normalized spacial score (nSPS) is 15.4. The highest BCUT2D eigenvalue weighted by Gasteiger charge is 2.26. The molecule has 1 aliphatic rings. The van der Waals surface area contributed by atoms with Crippen LogP contribution in [0.15, 0.2) is 6.20 Å². The SMILES string of the molecule is CCOC(=O)c1cnc(N2CCC(c3nc(N)n(C)n3)CC2)nc1C. The Morgan fingerprint density at radius 3 is 2.64 bits per heavy atom. The summed E-state index contributed by atoms with van der Waals surface area (Å²) in [4.78, 5) is 27.1. The van der Waals surface area contributed by atoms with Crippen molar-refractivity contribution in [2.45, 2.75) is 32.6 Å². The maximum atomic E-state index is 11.8. The second-order valence-corrected chi connectivity index (χ2v) is 6.10. The van der Waals surface area contributed by atoms with E-state index in [2.05, 4.69) is 25.0 Å². The summed E-state index contributed by atoms with van der Waals surface area (Å²) in [5.41, 5.74) is 6.80. The van der Waals surface area contributed by atoms with Gasteiger partial charge in [0.25, 0.3) is 0 Å². The van der Waals surface area contributed by atoms with Crippen LogP contribution in [-0.2, 0) is 11.8 Å². The molecule has 1 aliphatic heterocycles. The van der Waals surface area contributed by atoms with Crippen LogP contribution < -0.4 is 10.6 Å². The zero-order chi connectivity index (χ0) is 18.0. The van der Waals surface area contributed by atoms with Crippen molar-refractivity contribution in [3.8, 4) is 0 Å². The van der Waals surface area contributed by atoms with Gasteiger partial charge >= 0.3 is 5.97 Å². The van der Waals surface area contributed by atoms with Crippen molar-refractivity contribution in [2.75, 3.05) is 30.3 Å². The zero-order valence-corrected chi connectivity index (χ0v) is 14.8. The molecule has 2 aromatic heterocycles. The van der Waals surface area contributed by atoms with Crippen LogP contribution in [0.4, 0.5) is 11.9 Å². The molecule has 0 amide bonds. The largest absolute Gasteiger partial charge is 0.462 e. The number of nitrogens with two attached hydrogens (primary N) is 1.